The summed E-state index contributed by atoms with van der Waals surface area (Å²) in [5, 5.41) is 12.1. The zero-order valence-electron chi connectivity index (χ0n) is 13.1. The van der Waals surface area contributed by atoms with Gasteiger partial charge < -0.3 is 10.0 Å². The minimum Gasteiger partial charge on any atom is -0.464 e. The van der Waals surface area contributed by atoms with Crippen molar-refractivity contribution in [2.45, 2.75) is 18.9 Å². The predicted molar refractivity (Wildman–Crippen MR) is 96.6 cm³/mol. The maximum absolute atomic E-state index is 12.3. The molecule has 132 valence electrons. The van der Waals surface area contributed by atoms with Gasteiger partial charge in [-0.25, -0.2) is 14.8 Å². The van der Waals surface area contributed by atoms with Gasteiger partial charge in [0.15, 0.2) is 3.92 Å². The largest absolute Gasteiger partial charge is 0.464 e. The van der Waals surface area contributed by atoms with Gasteiger partial charge in [0.2, 0.25) is 0 Å². The van der Waals surface area contributed by atoms with E-state index in [1.807, 2.05) is 12.1 Å². The van der Waals surface area contributed by atoms with Gasteiger partial charge in [0.25, 0.3) is 5.91 Å². The van der Waals surface area contributed by atoms with E-state index in [9.17, 15) is 14.7 Å². The van der Waals surface area contributed by atoms with Crippen LogP contribution >= 0.6 is 27.3 Å². The summed E-state index contributed by atoms with van der Waals surface area (Å²) in [5.41, 5.74) is 3.64. The van der Waals surface area contributed by atoms with Crippen LogP contribution in [0.4, 0.5) is 10.5 Å². The molecule has 0 radical (unpaired) electrons. The molecule has 10 heteroatoms. The van der Waals surface area contributed by atoms with Crippen LogP contribution in [0.2, 0.25) is 0 Å². The average molecular weight is 426 g/mol. The van der Waals surface area contributed by atoms with E-state index in [-0.39, 0.29) is 11.7 Å². The number of thiazole rings is 1. The van der Waals surface area contributed by atoms with Crippen molar-refractivity contribution in [3.63, 3.8) is 0 Å². The van der Waals surface area contributed by atoms with Crippen molar-refractivity contribution in [1.29, 1.82) is 0 Å². The Bertz CT molecular complexity index is 757. The van der Waals surface area contributed by atoms with Crippen LogP contribution in [-0.2, 0) is 0 Å². The van der Waals surface area contributed by atoms with Crippen molar-refractivity contribution >= 4 is 45.0 Å². The number of halogens is 1. The van der Waals surface area contributed by atoms with E-state index in [1.165, 1.54) is 11.3 Å². The highest BCUT2D eigenvalue weighted by molar-refractivity contribution is 9.11. The smallest absolute Gasteiger partial charge is 0.426 e. The lowest BCUT2D eigenvalue weighted by Crippen LogP contribution is -2.57. The van der Waals surface area contributed by atoms with Crippen molar-refractivity contribution < 1.29 is 14.7 Å². The van der Waals surface area contributed by atoms with E-state index in [0.29, 0.717) is 16.9 Å². The number of rotatable bonds is 3. The second-order valence-corrected chi connectivity index (χ2v) is 7.66. The summed E-state index contributed by atoms with van der Waals surface area (Å²) < 4.78 is 0.570. The predicted octanol–water partition coefficient (Wildman–Crippen LogP) is 2.59. The number of carbonyl (C=O) groups is 2. The third kappa shape index (κ3) is 4.26. The van der Waals surface area contributed by atoms with Gasteiger partial charge in [-0.05, 0) is 40.9 Å². The van der Waals surface area contributed by atoms with Crippen molar-refractivity contribution in [2.24, 2.45) is 0 Å². The zero-order chi connectivity index (χ0) is 17.8. The molecule has 8 nitrogen and oxygen atoms in total. The minimum atomic E-state index is -1.19. The number of hydrogen-bond acceptors (Lipinski definition) is 6. The van der Waals surface area contributed by atoms with Crippen molar-refractivity contribution in [1.82, 2.24) is 20.4 Å². The average Bonchev–Trinajstić information content (AvgIpc) is 3.06. The Labute approximate surface area is 156 Å². The molecule has 0 aliphatic carbocycles. The number of carbonyl (C=O) groups excluding carboxylic acids is 1. The Balaban J connectivity index is 1.71. The lowest BCUT2D eigenvalue weighted by Gasteiger charge is -2.38. The van der Waals surface area contributed by atoms with Gasteiger partial charge >= 0.3 is 6.09 Å². The lowest BCUT2D eigenvalue weighted by molar-refractivity contribution is 0.0618. The highest BCUT2D eigenvalue weighted by Crippen LogP contribution is 2.22. The van der Waals surface area contributed by atoms with Gasteiger partial charge in [0.05, 0.1) is 6.04 Å². The van der Waals surface area contributed by atoms with E-state index in [1.54, 1.807) is 17.8 Å². The van der Waals surface area contributed by atoms with E-state index < -0.39 is 12.0 Å². The van der Waals surface area contributed by atoms with Gasteiger partial charge in [0.1, 0.15) is 5.69 Å². The van der Waals surface area contributed by atoms with Crippen molar-refractivity contribution in [3.05, 3.63) is 39.5 Å². The summed E-state index contributed by atoms with van der Waals surface area (Å²) in [7, 11) is 0. The molecule has 0 saturated carbocycles. The number of aromatic nitrogens is 2. The molecule has 2 amide bonds. The standard InChI is InChI=1S/C15H16BrN5O3S/c16-14-18-12(9-25-14)13(22)19-21(15(23)24)11-2-1-7-20(8-11)10-3-5-17-6-4-10/h3-6,9,11H,1-2,7-8H2,(H,19,22)(H,23,24). The topological polar surface area (TPSA) is 98.7 Å². The monoisotopic (exact) mass is 425 g/mol. The van der Waals surface area contributed by atoms with Crippen LogP contribution < -0.4 is 10.3 Å². The molecule has 0 aromatic carbocycles. The SMILES string of the molecule is O=C(NN(C(=O)O)C1CCCN(c2ccncc2)C1)c1csc(Br)n1. The van der Waals surface area contributed by atoms with Crippen LogP contribution in [0, 0.1) is 0 Å². The molecule has 2 aromatic rings. The fourth-order valence-electron chi connectivity index (χ4n) is 2.77. The van der Waals surface area contributed by atoms with Gasteiger partial charge in [0, 0.05) is 36.6 Å². The molecule has 1 saturated heterocycles. The van der Waals surface area contributed by atoms with E-state index in [0.717, 1.165) is 23.7 Å². The molecule has 1 aliphatic heterocycles. The summed E-state index contributed by atoms with van der Waals surface area (Å²) in [6.07, 6.45) is 3.72. The first-order valence-corrected chi connectivity index (χ1v) is 9.31. The highest BCUT2D eigenvalue weighted by atomic mass is 79.9. The molecule has 1 atom stereocenters. The van der Waals surface area contributed by atoms with Crippen molar-refractivity contribution in [2.75, 3.05) is 18.0 Å². The molecule has 3 rings (SSSR count). The number of nitrogens with zero attached hydrogens (tertiary/aromatic N) is 4. The molecule has 3 heterocycles. The molecular weight excluding hydrogens is 410 g/mol. The Hall–Kier alpha value is -2.20. The van der Waals surface area contributed by atoms with Crippen molar-refractivity contribution in [3.8, 4) is 0 Å². The maximum atomic E-state index is 12.3. The molecule has 0 spiro atoms. The maximum Gasteiger partial charge on any atom is 0.426 e. The van der Waals surface area contributed by atoms with Crippen LogP contribution in [-0.4, -0.2) is 51.2 Å². The molecule has 1 aliphatic rings. The first-order valence-electron chi connectivity index (χ1n) is 7.63. The number of anilines is 1. The zero-order valence-corrected chi connectivity index (χ0v) is 15.5. The first kappa shape index (κ1) is 17.6. The van der Waals surface area contributed by atoms with Crippen LogP contribution in [0.25, 0.3) is 0 Å². The van der Waals surface area contributed by atoms with Crippen LogP contribution in [0.1, 0.15) is 23.3 Å². The Morgan fingerprint density at radius 3 is 2.80 bits per heavy atom. The molecule has 2 aromatic heterocycles. The van der Waals surface area contributed by atoms with Gasteiger partial charge in [-0.15, -0.1) is 11.3 Å². The molecule has 2 N–H and O–H groups in total. The fourth-order valence-corrected chi connectivity index (χ4v) is 3.76. The van der Waals surface area contributed by atoms with Gasteiger partial charge in [-0.1, -0.05) is 0 Å². The summed E-state index contributed by atoms with van der Waals surface area (Å²) in [4.78, 5) is 34.0. The number of carboxylic acid groups (broad SMARTS) is 1. The third-order valence-electron chi connectivity index (χ3n) is 3.93. The Morgan fingerprint density at radius 2 is 2.16 bits per heavy atom. The van der Waals surface area contributed by atoms with E-state index in [4.69, 9.17) is 0 Å². The van der Waals surface area contributed by atoms with Gasteiger partial charge in [-0.3, -0.25) is 15.2 Å². The Morgan fingerprint density at radius 1 is 1.40 bits per heavy atom. The summed E-state index contributed by atoms with van der Waals surface area (Å²) in [6, 6.07) is 3.43. The number of pyridine rings is 1. The lowest BCUT2D eigenvalue weighted by atomic mass is 10.0. The number of hydrazine groups is 1. The van der Waals surface area contributed by atoms with E-state index in [2.05, 4.69) is 36.2 Å². The highest BCUT2D eigenvalue weighted by Gasteiger charge is 2.30. The summed E-state index contributed by atoms with van der Waals surface area (Å²) >= 11 is 4.46. The summed E-state index contributed by atoms with van der Waals surface area (Å²) in [6.45, 7) is 1.33. The minimum absolute atomic E-state index is 0.185. The second-order valence-electron chi connectivity index (χ2n) is 5.53. The first-order chi connectivity index (χ1) is 12.0. The quantitative estimate of drug-likeness (QED) is 0.733. The van der Waals surface area contributed by atoms with Gasteiger partial charge in [-0.2, -0.15) is 0 Å². The molecule has 1 fully saturated rings. The number of amides is 2. The van der Waals surface area contributed by atoms with Crippen LogP contribution in [0.5, 0.6) is 0 Å². The van der Waals surface area contributed by atoms with E-state index >= 15 is 0 Å². The van der Waals surface area contributed by atoms with Crippen LogP contribution in [0.3, 0.4) is 0 Å². The molecule has 25 heavy (non-hydrogen) atoms. The second kappa shape index (κ2) is 7.79. The molecular formula is C15H16BrN5O3S. The fraction of sp³-hybridized carbons (Fsp3) is 0.333. The third-order valence-corrected chi connectivity index (χ3v) is 5.29. The molecule has 0 bridgehead atoms. The van der Waals surface area contributed by atoms with Crippen LogP contribution in [0.15, 0.2) is 33.8 Å². The molecule has 1 unspecified atom stereocenters. The number of piperidine rings is 1. The number of nitrogens with one attached hydrogen (secondary N) is 1. The summed E-state index contributed by atoms with van der Waals surface area (Å²) in [5.74, 6) is -0.537. The normalized spacial score (nSPS) is 17.2. The Kier molecular flexibility index (Phi) is 5.49. The number of hydrogen-bond donors (Lipinski definition) is 2.